The summed E-state index contributed by atoms with van der Waals surface area (Å²) in [5.74, 6) is -0.0216. The van der Waals surface area contributed by atoms with Gasteiger partial charge in [-0.1, -0.05) is 0 Å². The van der Waals surface area contributed by atoms with Gasteiger partial charge in [0.25, 0.3) is 0 Å². The molecule has 0 aliphatic carbocycles. The monoisotopic (exact) mass is 282 g/mol. The molecule has 2 heterocycles. The number of hydrogen-bond acceptors (Lipinski definition) is 4. The van der Waals surface area contributed by atoms with Crippen LogP contribution in [0.3, 0.4) is 0 Å². The van der Waals surface area contributed by atoms with Gasteiger partial charge in [-0.25, -0.2) is 0 Å². The van der Waals surface area contributed by atoms with Crippen LogP contribution < -0.4 is 11.1 Å². The zero-order valence-corrected chi connectivity index (χ0v) is 12.5. The molecule has 1 aliphatic heterocycles. The summed E-state index contributed by atoms with van der Waals surface area (Å²) in [5.41, 5.74) is 6.75. The van der Waals surface area contributed by atoms with Gasteiger partial charge in [0, 0.05) is 16.3 Å². The first-order valence-electron chi connectivity index (χ1n) is 6.74. The molecule has 1 aromatic heterocycles. The van der Waals surface area contributed by atoms with Gasteiger partial charge in [-0.05, 0) is 45.2 Å². The van der Waals surface area contributed by atoms with Crippen LogP contribution in [0.25, 0.3) is 0 Å². The Morgan fingerprint density at radius 2 is 2.32 bits per heavy atom. The molecule has 0 bridgehead atoms. The number of aryl methyl sites for hydroxylation is 2. The van der Waals surface area contributed by atoms with Crippen molar-refractivity contribution in [3.8, 4) is 0 Å². The molecule has 0 saturated carbocycles. The standard InChI is InChI=1S/C14H22N2O2S/c1-8-6-12(10(3)19-8)9(2)16-14(17)13-5-4-11(7-15)18-13/h6,9,11,13H,4-5,7,15H2,1-3H3,(H,16,17). The molecule has 1 aromatic rings. The van der Waals surface area contributed by atoms with Gasteiger partial charge in [0.05, 0.1) is 12.1 Å². The largest absolute Gasteiger partial charge is 0.364 e. The van der Waals surface area contributed by atoms with Crippen LogP contribution in [0.1, 0.15) is 41.1 Å². The third kappa shape index (κ3) is 3.35. The molecule has 1 amide bonds. The van der Waals surface area contributed by atoms with Gasteiger partial charge in [0.2, 0.25) is 5.91 Å². The highest BCUT2D eigenvalue weighted by molar-refractivity contribution is 7.12. The van der Waals surface area contributed by atoms with Gasteiger partial charge in [-0.15, -0.1) is 11.3 Å². The SMILES string of the molecule is Cc1cc(C(C)NC(=O)C2CCC(CN)O2)c(C)s1. The summed E-state index contributed by atoms with van der Waals surface area (Å²) in [6, 6.07) is 2.17. The summed E-state index contributed by atoms with van der Waals surface area (Å²) in [5, 5.41) is 3.04. The van der Waals surface area contributed by atoms with Crippen LogP contribution in [-0.2, 0) is 9.53 Å². The first-order chi connectivity index (χ1) is 9.01. The molecule has 4 nitrogen and oxygen atoms in total. The van der Waals surface area contributed by atoms with E-state index in [2.05, 4.69) is 25.2 Å². The molecular formula is C14H22N2O2S. The Morgan fingerprint density at radius 1 is 1.58 bits per heavy atom. The minimum Gasteiger partial charge on any atom is -0.364 e. The van der Waals surface area contributed by atoms with Gasteiger partial charge >= 0.3 is 0 Å². The maximum Gasteiger partial charge on any atom is 0.249 e. The number of thiophene rings is 1. The second-order valence-corrected chi connectivity index (χ2v) is 6.62. The Bertz CT molecular complexity index is 458. The summed E-state index contributed by atoms with van der Waals surface area (Å²) < 4.78 is 5.61. The Hall–Kier alpha value is -0.910. The number of hydrogen-bond donors (Lipinski definition) is 2. The molecule has 0 radical (unpaired) electrons. The maximum atomic E-state index is 12.1. The molecule has 1 fully saturated rings. The van der Waals surface area contributed by atoms with E-state index in [1.807, 2.05) is 6.92 Å². The van der Waals surface area contributed by atoms with Gasteiger partial charge in [0.15, 0.2) is 0 Å². The van der Waals surface area contributed by atoms with Crippen LogP contribution in [0.15, 0.2) is 6.07 Å². The maximum absolute atomic E-state index is 12.1. The van der Waals surface area contributed by atoms with Crippen LogP contribution in [0, 0.1) is 13.8 Å². The second kappa shape index (κ2) is 6.03. The quantitative estimate of drug-likeness (QED) is 0.888. The lowest BCUT2D eigenvalue weighted by molar-refractivity contribution is -0.132. The van der Waals surface area contributed by atoms with Crippen molar-refractivity contribution in [3.63, 3.8) is 0 Å². The molecule has 5 heteroatoms. The highest BCUT2D eigenvalue weighted by Gasteiger charge is 2.30. The lowest BCUT2D eigenvalue weighted by atomic mass is 10.1. The van der Waals surface area contributed by atoms with Crippen molar-refractivity contribution in [1.82, 2.24) is 5.32 Å². The molecule has 0 aromatic carbocycles. The van der Waals surface area contributed by atoms with E-state index in [4.69, 9.17) is 10.5 Å². The number of nitrogens with one attached hydrogen (secondary N) is 1. The van der Waals surface area contributed by atoms with Gasteiger partial charge in [-0.3, -0.25) is 4.79 Å². The fraction of sp³-hybridized carbons (Fsp3) is 0.643. The van der Waals surface area contributed by atoms with Crippen LogP contribution in [0.2, 0.25) is 0 Å². The van der Waals surface area contributed by atoms with Crippen LogP contribution in [0.5, 0.6) is 0 Å². The van der Waals surface area contributed by atoms with E-state index >= 15 is 0 Å². The van der Waals surface area contributed by atoms with E-state index in [0.29, 0.717) is 6.54 Å². The number of rotatable bonds is 4. The van der Waals surface area contributed by atoms with Crippen LogP contribution in [0.4, 0.5) is 0 Å². The minimum atomic E-state index is -0.337. The van der Waals surface area contributed by atoms with E-state index in [9.17, 15) is 4.79 Å². The zero-order valence-electron chi connectivity index (χ0n) is 11.7. The fourth-order valence-electron chi connectivity index (χ4n) is 2.54. The molecule has 3 N–H and O–H groups in total. The van der Waals surface area contributed by atoms with E-state index in [-0.39, 0.29) is 24.2 Å². The first kappa shape index (κ1) is 14.5. The van der Waals surface area contributed by atoms with Crippen molar-refractivity contribution < 1.29 is 9.53 Å². The second-order valence-electron chi connectivity index (χ2n) is 5.16. The Labute approximate surface area is 118 Å². The summed E-state index contributed by atoms with van der Waals surface area (Å²) in [4.78, 5) is 14.7. The molecule has 2 rings (SSSR count). The predicted octanol–water partition coefficient (Wildman–Crippen LogP) is 2.05. The number of amides is 1. The first-order valence-corrected chi connectivity index (χ1v) is 7.55. The Balaban J connectivity index is 1.94. The molecule has 0 spiro atoms. The topological polar surface area (TPSA) is 64.4 Å². The predicted molar refractivity (Wildman–Crippen MR) is 77.3 cm³/mol. The molecule has 3 atom stereocenters. The van der Waals surface area contributed by atoms with E-state index in [1.165, 1.54) is 15.3 Å². The highest BCUT2D eigenvalue weighted by Crippen LogP contribution is 2.27. The number of ether oxygens (including phenoxy) is 1. The number of nitrogens with two attached hydrogens (primary N) is 1. The number of carbonyl (C=O) groups is 1. The minimum absolute atomic E-state index is 0.0216. The average molecular weight is 282 g/mol. The zero-order chi connectivity index (χ0) is 14.0. The van der Waals surface area contributed by atoms with E-state index in [0.717, 1.165) is 12.8 Å². The normalized spacial score (nSPS) is 24.4. The fourth-order valence-corrected chi connectivity index (χ4v) is 3.56. The van der Waals surface area contributed by atoms with Crippen LogP contribution >= 0.6 is 11.3 Å². The third-order valence-electron chi connectivity index (χ3n) is 3.57. The molecule has 1 aliphatic rings. The summed E-state index contributed by atoms with van der Waals surface area (Å²) in [7, 11) is 0. The smallest absolute Gasteiger partial charge is 0.249 e. The molecule has 1 saturated heterocycles. The van der Waals surface area contributed by atoms with Crippen molar-refractivity contribution in [2.24, 2.45) is 5.73 Å². The van der Waals surface area contributed by atoms with Crippen molar-refractivity contribution in [1.29, 1.82) is 0 Å². The van der Waals surface area contributed by atoms with Crippen molar-refractivity contribution in [2.45, 2.75) is 51.9 Å². The van der Waals surface area contributed by atoms with Crippen molar-refractivity contribution >= 4 is 17.2 Å². The molecular weight excluding hydrogens is 260 g/mol. The summed E-state index contributed by atoms with van der Waals surface area (Å²) >= 11 is 1.76. The van der Waals surface area contributed by atoms with Gasteiger partial charge in [-0.2, -0.15) is 0 Å². The van der Waals surface area contributed by atoms with Crippen LogP contribution in [-0.4, -0.2) is 24.7 Å². The summed E-state index contributed by atoms with van der Waals surface area (Å²) in [6.45, 7) is 6.68. The van der Waals surface area contributed by atoms with E-state index < -0.39 is 0 Å². The third-order valence-corrected chi connectivity index (χ3v) is 4.55. The lowest BCUT2D eigenvalue weighted by Gasteiger charge is -2.17. The molecule has 19 heavy (non-hydrogen) atoms. The lowest BCUT2D eigenvalue weighted by Crippen LogP contribution is -2.37. The van der Waals surface area contributed by atoms with E-state index in [1.54, 1.807) is 11.3 Å². The Kier molecular flexibility index (Phi) is 4.60. The van der Waals surface area contributed by atoms with Gasteiger partial charge in [0.1, 0.15) is 6.10 Å². The Morgan fingerprint density at radius 3 is 2.84 bits per heavy atom. The number of carbonyl (C=O) groups excluding carboxylic acids is 1. The highest BCUT2D eigenvalue weighted by atomic mass is 32.1. The summed E-state index contributed by atoms with van der Waals surface area (Å²) in [6.07, 6.45) is 1.34. The molecule has 3 unspecified atom stereocenters. The molecule has 106 valence electrons. The van der Waals surface area contributed by atoms with Gasteiger partial charge < -0.3 is 15.8 Å². The average Bonchev–Trinajstić information content (AvgIpc) is 2.95. The van der Waals surface area contributed by atoms with Crippen molar-refractivity contribution in [2.75, 3.05) is 6.54 Å². The van der Waals surface area contributed by atoms with Crippen molar-refractivity contribution in [3.05, 3.63) is 21.4 Å².